The molecule has 1 aliphatic carbocycles. The van der Waals surface area contributed by atoms with Gasteiger partial charge in [0.25, 0.3) is 11.8 Å². The van der Waals surface area contributed by atoms with Crippen LogP contribution in [-0.4, -0.2) is 92.4 Å². The minimum atomic E-state index is -2.01. The van der Waals surface area contributed by atoms with Crippen LogP contribution in [0.5, 0.6) is 0 Å². The monoisotopic (exact) mass is 653 g/mol. The summed E-state index contributed by atoms with van der Waals surface area (Å²) >= 11 is 3.70. The Labute approximate surface area is 259 Å². The molecule has 3 N–H and O–H groups in total. The number of nitrogens with one attached hydrogen (secondary N) is 2. The molecule has 3 fully saturated rings. The summed E-state index contributed by atoms with van der Waals surface area (Å²) in [6.45, 7) is 8.57. The fraction of sp³-hybridized carbons (Fsp3) is 0.594. The summed E-state index contributed by atoms with van der Waals surface area (Å²) in [4.78, 5) is 50.8. The first kappa shape index (κ1) is 29.0. The van der Waals surface area contributed by atoms with Crippen LogP contribution in [0.25, 0.3) is 16.5 Å². The average Bonchev–Trinajstić information content (AvgIpc) is 3.63. The Morgan fingerprint density at radius 2 is 2.02 bits per heavy atom. The number of carbonyl (C=O) groups is 3. The van der Waals surface area contributed by atoms with Crippen LogP contribution in [0.4, 0.5) is 0 Å². The molecule has 0 bridgehead atoms. The van der Waals surface area contributed by atoms with E-state index in [4.69, 9.17) is 4.74 Å². The Bertz CT molecular complexity index is 1570. The highest BCUT2D eigenvalue weighted by Gasteiger charge is 2.72. The average molecular weight is 655 g/mol. The number of aromatic amines is 1. The van der Waals surface area contributed by atoms with Crippen LogP contribution in [0.1, 0.15) is 58.1 Å². The molecule has 4 aliphatic heterocycles. The first-order valence-corrected chi connectivity index (χ1v) is 16.3. The molecule has 0 radical (unpaired) electrons. The van der Waals surface area contributed by atoms with Gasteiger partial charge < -0.3 is 20.3 Å². The lowest BCUT2D eigenvalue weighted by Gasteiger charge is -2.49. The van der Waals surface area contributed by atoms with Crippen LogP contribution in [0.2, 0.25) is 0 Å². The van der Waals surface area contributed by atoms with Gasteiger partial charge in [-0.2, -0.15) is 0 Å². The number of aromatic nitrogens is 1. The number of halogens is 1. The van der Waals surface area contributed by atoms with Gasteiger partial charge in [-0.3, -0.25) is 28.9 Å². The normalized spacial score (nSPS) is 33.7. The van der Waals surface area contributed by atoms with Crippen LogP contribution in [0.3, 0.4) is 0 Å². The molecule has 7 rings (SSSR count). The van der Waals surface area contributed by atoms with Crippen molar-refractivity contribution in [3.8, 4) is 0 Å². The second-order valence-electron chi connectivity index (χ2n) is 13.7. The maximum atomic E-state index is 14.4. The van der Waals surface area contributed by atoms with Crippen LogP contribution in [0, 0.1) is 17.8 Å². The molecule has 230 valence electrons. The van der Waals surface area contributed by atoms with Crippen molar-refractivity contribution in [3.63, 3.8) is 0 Å². The molecule has 0 saturated carbocycles. The van der Waals surface area contributed by atoms with E-state index >= 15 is 0 Å². The van der Waals surface area contributed by atoms with E-state index in [9.17, 15) is 19.5 Å². The van der Waals surface area contributed by atoms with Gasteiger partial charge in [0.05, 0.1) is 10.5 Å². The summed E-state index contributed by atoms with van der Waals surface area (Å²) < 4.78 is 7.43. The third kappa shape index (κ3) is 4.04. The Kier molecular flexibility index (Phi) is 6.67. The summed E-state index contributed by atoms with van der Waals surface area (Å²) in [7, 11) is 2.03. The van der Waals surface area contributed by atoms with Crippen LogP contribution in [0.15, 0.2) is 28.9 Å². The van der Waals surface area contributed by atoms with Crippen molar-refractivity contribution in [2.45, 2.75) is 83.1 Å². The quantitative estimate of drug-likeness (QED) is 0.456. The number of fused-ring (bicyclic) bond motifs is 5. The maximum Gasteiger partial charge on any atom is 0.281 e. The number of piperazine rings is 1. The van der Waals surface area contributed by atoms with E-state index < -0.39 is 41.5 Å². The first-order valence-electron chi connectivity index (χ1n) is 15.5. The summed E-state index contributed by atoms with van der Waals surface area (Å²) in [5.41, 5.74) is 2.68. The number of hydrogen-bond acceptors (Lipinski definition) is 6. The number of ether oxygens (including phenoxy) is 1. The van der Waals surface area contributed by atoms with E-state index in [1.54, 1.807) is 18.7 Å². The van der Waals surface area contributed by atoms with Crippen molar-refractivity contribution >= 4 is 50.1 Å². The van der Waals surface area contributed by atoms with Gasteiger partial charge in [0, 0.05) is 36.0 Å². The number of amides is 3. The summed E-state index contributed by atoms with van der Waals surface area (Å²) in [5, 5.41) is 16.3. The summed E-state index contributed by atoms with van der Waals surface area (Å²) in [5.74, 6) is -4.01. The largest absolute Gasteiger partial charge is 0.349 e. The molecule has 2 unspecified atom stereocenters. The molecule has 2 aromatic rings. The van der Waals surface area contributed by atoms with Gasteiger partial charge >= 0.3 is 0 Å². The molecular weight excluding hydrogens is 614 g/mol. The zero-order chi connectivity index (χ0) is 30.6. The molecule has 10 nitrogen and oxygen atoms in total. The topological polar surface area (TPSA) is 118 Å². The minimum Gasteiger partial charge on any atom is -0.349 e. The van der Waals surface area contributed by atoms with E-state index in [-0.39, 0.29) is 23.8 Å². The van der Waals surface area contributed by atoms with Crippen LogP contribution in [-0.2, 0) is 25.5 Å². The van der Waals surface area contributed by atoms with Gasteiger partial charge in [-0.15, -0.1) is 0 Å². The standard InChI is InChI=1S/C32H40BrN5O5/c1-16(2)12-24-29(40)37-11-7-10-25(37)32(42)38(24)30(41)31(43-32,17(3)4)35-28(39)18-13-20-19-8-6-9-22-26(19)21(27(33)34-22)14-23(20)36(5)15-18/h6,8-9,13,16-18,23-25,34,42H,7,10-12,14-15H2,1-5H3,(H,35,39)/t18-,23?,24+,25?,31-,32+/m0/s1. The number of H-pyrrole nitrogens is 1. The molecule has 1 aromatic carbocycles. The Morgan fingerprint density at radius 3 is 2.74 bits per heavy atom. The van der Waals surface area contributed by atoms with E-state index in [1.165, 1.54) is 15.8 Å². The smallest absolute Gasteiger partial charge is 0.281 e. The van der Waals surface area contributed by atoms with E-state index in [0.717, 1.165) is 34.1 Å². The molecule has 3 saturated heterocycles. The van der Waals surface area contributed by atoms with Crippen molar-refractivity contribution in [3.05, 3.63) is 40.0 Å². The molecule has 1 aromatic heterocycles. The first-order chi connectivity index (χ1) is 20.4. The van der Waals surface area contributed by atoms with Gasteiger partial charge in [0.2, 0.25) is 17.5 Å². The zero-order valence-electron chi connectivity index (χ0n) is 25.3. The molecule has 5 heterocycles. The fourth-order valence-electron chi connectivity index (χ4n) is 8.15. The van der Waals surface area contributed by atoms with Crippen molar-refractivity contribution in [1.82, 2.24) is 25.0 Å². The molecule has 3 amide bonds. The Hall–Kier alpha value is -2.73. The lowest BCUT2D eigenvalue weighted by atomic mass is 9.79. The van der Waals surface area contributed by atoms with Gasteiger partial charge in [-0.25, -0.2) is 0 Å². The van der Waals surface area contributed by atoms with Crippen molar-refractivity contribution in [2.75, 3.05) is 20.1 Å². The summed E-state index contributed by atoms with van der Waals surface area (Å²) in [6.07, 6.45) is 4.49. The van der Waals surface area contributed by atoms with E-state index in [1.807, 2.05) is 33.0 Å². The van der Waals surface area contributed by atoms with Gasteiger partial charge in [0.1, 0.15) is 12.1 Å². The second kappa shape index (κ2) is 9.89. The predicted molar refractivity (Wildman–Crippen MR) is 164 cm³/mol. The number of nitrogens with zero attached hydrogens (tertiary/aromatic N) is 3. The van der Waals surface area contributed by atoms with Gasteiger partial charge in [-0.1, -0.05) is 45.9 Å². The van der Waals surface area contributed by atoms with Crippen molar-refractivity contribution < 1.29 is 24.2 Å². The number of hydrogen-bond donors (Lipinski definition) is 3. The van der Waals surface area contributed by atoms with Gasteiger partial charge in [0.15, 0.2) is 0 Å². The maximum absolute atomic E-state index is 14.4. The Balaban J connectivity index is 1.25. The van der Waals surface area contributed by atoms with Crippen LogP contribution < -0.4 is 5.32 Å². The molecule has 11 heteroatoms. The van der Waals surface area contributed by atoms with Crippen molar-refractivity contribution in [1.29, 1.82) is 0 Å². The number of aliphatic hydroxyl groups is 1. The summed E-state index contributed by atoms with van der Waals surface area (Å²) in [6, 6.07) is 4.76. The van der Waals surface area contributed by atoms with E-state index in [0.29, 0.717) is 25.9 Å². The molecular formula is C32H40BrN5O5. The molecule has 0 spiro atoms. The number of rotatable bonds is 5. The highest BCUT2D eigenvalue weighted by molar-refractivity contribution is 9.10. The Morgan fingerprint density at radius 1 is 1.26 bits per heavy atom. The molecule has 43 heavy (non-hydrogen) atoms. The lowest BCUT2D eigenvalue weighted by Crippen LogP contribution is -2.71. The molecule has 5 aliphatic rings. The third-order valence-electron chi connectivity index (χ3n) is 10.3. The third-order valence-corrected chi connectivity index (χ3v) is 10.9. The zero-order valence-corrected chi connectivity index (χ0v) is 26.9. The van der Waals surface area contributed by atoms with Crippen LogP contribution >= 0.6 is 15.9 Å². The predicted octanol–water partition coefficient (Wildman–Crippen LogP) is 3.19. The van der Waals surface area contributed by atoms with Crippen molar-refractivity contribution in [2.24, 2.45) is 17.8 Å². The van der Waals surface area contributed by atoms with Gasteiger partial charge in [-0.05, 0) is 77.3 Å². The minimum absolute atomic E-state index is 0.104. The highest BCUT2D eigenvalue weighted by Crippen LogP contribution is 2.49. The SMILES string of the molecule is CC(C)C[C@@H]1C(=O)N2CCCC2[C@@]2(O)O[C@@](NC(=O)[C@H]3C=C4c5cccc6[nH]c(Br)c(c56)CC4N(C)C3)(C(C)C)C(=O)N12. The number of carbonyl (C=O) groups excluding carboxylic acids is 3. The lowest BCUT2D eigenvalue weighted by molar-refractivity contribution is -0.322. The second-order valence-corrected chi connectivity index (χ2v) is 14.5. The van der Waals surface area contributed by atoms with E-state index in [2.05, 4.69) is 43.3 Å². The highest BCUT2D eigenvalue weighted by atomic mass is 79.9. The molecule has 6 atom stereocenters. The fourth-order valence-corrected chi connectivity index (χ4v) is 8.72. The number of benzene rings is 1. The number of likely N-dealkylation sites (N-methyl/N-ethyl adjacent to an activating group) is 1.